The van der Waals surface area contributed by atoms with Gasteiger partial charge in [-0.25, -0.2) is 14.8 Å². The van der Waals surface area contributed by atoms with Crippen molar-refractivity contribution in [3.05, 3.63) is 41.2 Å². The van der Waals surface area contributed by atoms with Crippen LogP contribution in [-0.2, 0) is 15.1 Å². The van der Waals surface area contributed by atoms with E-state index in [1.165, 1.54) is 6.07 Å². The van der Waals surface area contributed by atoms with E-state index in [0.717, 1.165) is 18.3 Å². The zero-order valence-electron chi connectivity index (χ0n) is 14.9. The number of amides is 1. The van der Waals surface area contributed by atoms with E-state index in [0.29, 0.717) is 5.56 Å². The first kappa shape index (κ1) is 21.1. The maximum absolute atomic E-state index is 13.3. The zero-order chi connectivity index (χ0) is 21.3. The molecule has 0 spiro atoms. The van der Waals surface area contributed by atoms with Crippen molar-refractivity contribution in [3.8, 4) is 11.3 Å². The lowest BCUT2D eigenvalue weighted by Gasteiger charge is -2.28. The lowest BCUT2D eigenvalue weighted by atomic mass is 9.89. The first-order valence-corrected chi connectivity index (χ1v) is 7.93. The maximum atomic E-state index is 13.3. The lowest BCUT2D eigenvalue weighted by Crippen LogP contribution is -2.52. The summed E-state index contributed by atoms with van der Waals surface area (Å²) in [6.45, 7) is 3.18. The number of esters is 1. The second-order valence-corrected chi connectivity index (χ2v) is 5.81. The number of nitrogen functional groups attached to an aromatic ring is 1. The molecule has 0 radical (unpaired) electrons. The van der Waals surface area contributed by atoms with E-state index in [1.54, 1.807) is 13.8 Å². The third kappa shape index (κ3) is 3.60. The quantitative estimate of drug-likeness (QED) is 0.647. The number of nitrogens with zero attached hydrogens (tertiary/aromatic N) is 2. The largest absolute Gasteiger partial charge is 0.461 e. The van der Waals surface area contributed by atoms with Crippen LogP contribution in [0, 0.1) is 6.92 Å². The molecule has 150 valence electrons. The van der Waals surface area contributed by atoms with E-state index < -0.39 is 29.2 Å². The summed E-state index contributed by atoms with van der Waals surface area (Å²) < 4.78 is 44.8. The second kappa shape index (κ2) is 7.43. The highest BCUT2D eigenvalue weighted by molar-refractivity contribution is 5.92. The number of aromatic nitrogens is 2. The van der Waals surface area contributed by atoms with E-state index in [4.69, 9.17) is 16.2 Å². The van der Waals surface area contributed by atoms with Gasteiger partial charge in [-0.15, -0.1) is 0 Å². The molecule has 0 saturated heterocycles. The van der Waals surface area contributed by atoms with Crippen LogP contribution in [0.4, 0.5) is 19.0 Å². The number of alkyl halides is 3. The van der Waals surface area contributed by atoms with E-state index in [9.17, 15) is 27.9 Å². The Kier molecular flexibility index (Phi) is 5.59. The molecule has 8 nitrogen and oxygen atoms in total. The van der Waals surface area contributed by atoms with Crippen LogP contribution in [0.5, 0.6) is 0 Å². The number of primary amides is 1. The summed E-state index contributed by atoms with van der Waals surface area (Å²) in [5.41, 5.74) is 5.92. The minimum atomic E-state index is -5.35. The van der Waals surface area contributed by atoms with Gasteiger partial charge in [0.2, 0.25) is 0 Å². The van der Waals surface area contributed by atoms with Crippen molar-refractivity contribution in [1.29, 1.82) is 0 Å². The number of hydrogen-bond donors (Lipinski definition) is 3. The van der Waals surface area contributed by atoms with Gasteiger partial charge in [-0.3, -0.25) is 4.79 Å². The number of nitrogens with two attached hydrogens (primary N) is 2. The molecular formula is C17H17F3N4O4. The Morgan fingerprint density at radius 1 is 1.29 bits per heavy atom. The highest BCUT2D eigenvalue weighted by Crippen LogP contribution is 2.40. The van der Waals surface area contributed by atoms with Gasteiger partial charge in [-0.1, -0.05) is 12.1 Å². The molecule has 2 rings (SSSR count). The molecule has 1 amide bonds. The fraction of sp³-hybridized carbons (Fsp3) is 0.294. The molecule has 1 heterocycles. The Labute approximate surface area is 157 Å². The molecule has 0 aliphatic carbocycles. The van der Waals surface area contributed by atoms with Crippen LogP contribution >= 0.6 is 0 Å². The van der Waals surface area contributed by atoms with Gasteiger partial charge in [-0.05, 0) is 25.5 Å². The van der Waals surface area contributed by atoms with E-state index >= 15 is 0 Å². The molecule has 0 aliphatic rings. The summed E-state index contributed by atoms with van der Waals surface area (Å²) in [6, 6.07) is 3.07. The Hall–Kier alpha value is -3.21. The van der Waals surface area contributed by atoms with Crippen LogP contribution in [0.3, 0.4) is 0 Å². The minimum absolute atomic E-state index is 0.00871. The summed E-state index contributed by atoms with van der Waals surface area (Å²) in [7, 11) is 0. The molecule has 0 bridgehead atoms. The van der Waals surface area contributed by atoms with Gasteiger partial charge >= 0.3 is 12.1 Å². The molecule has 2 aromatic rings. The van der Waals surface area contributed by atoms with Gasteiger partial charge in [0, 0.05) is 11.1 Å². The van der Waals surface area contributed by atoms with Crippen molar-refractivity contribution >= 4 is 17.7 Å². The number of hydrogen-bond acceptors (Lipinski definition) is 7. The molecule has 11 heteroatoms. The molecule has 1 unspecified atom stereocenters. The van der Waals surface area contributed by atoms with E-state index in [2.05, 4.69) is 9.97 Å². The molecule has 0 fully saturated rings. The highest BCUT2D eigenvalue weighted by Gasteiger charge is 2.60. The normalized spacial score (nSPS) is 13.6. The number of rotatable bonds is 5. The van der Waals surface area contributed by atoms with Gasteiger partial charge in [0.15, 0.2) is 11.5 Å². The third-order valence-electron chi connectivity index (χ3n) is 3.97. The smallest absolute Gasteiger partial charge is 0.430 e. The number of carbonyl (C=O) groups excluding carboxylic acids is 2. The molecule has 0 saturated carbocycles. The Morgan fingerprint density at radius 2 is 1.93 bits per heavy atom. The van der Waals surface area contributed by atoms with Gasteiger partial charge < -0.3 is 21.3 Å². The van der Waals surface area contributed by atoms with Crippen molar-refractivity contribution in [2.75, 3.05) is 12.3 Å². The van der Waals surface area contributed by atoms with Crippen LogP contribution in [0.15, 0.2) is 24.4 Å². The van der Waals surface area contributed by atoms with Crippen molar-refractivity contribution in [3.63, 3.8) is 0 Å². The monoisotopic (exact) mass is 398 g/mol. The first-order valence-electron chi connectivity index (χ1n) is 7.93. The fourth-order valence-electron chi connectivity index (χ4n) is 2.45. The number of halogens is 3. The zero-order valence-corrected chi connectivity index (χ0v) is 14.9. The van der Waals surface area contributed by atoms with Crippen LogP contribution in [0.2, 0.25) is 0 Å². The maximum Gasteiger partial charge on any atom is 0.430 e. The van der Waals surface area contributed by atoms with Crippen molar-refractivity contribution < 1.29 is 32.6 Å². The van der Waals surface area contributed by atoms with Crippen LogP contribution in [0.25, 0.3) is 11.3 Å². The fourth-order valence-corrected chi connectivity index (χ4v) is 2.45. The second-order valence-electron chi connectivity index (χ2n) is 5.81. The Balaban J connectivity index is 2.66. The van der Waals surface area contributed by atoms with Crippen LogP contribution in [0.1, 0.15) is 28.5 Å². The number of carbonyl (C=O) groups is 2. The van der Waals surface area contributed by atoms with Gasteiger partial charge in [0.25, 0.3) is 11.5 Å². The third-order valence-corrected chi connectivity index (χ3v) is 3.97. The summed E-state index contributed by atoms with van der Waals surface area (Å²) in [5, 5.41) is 9.99. The van der Waals surface area contributed by atoms with Crippen LogP contribution in [-0.4, -0.2) is 39.7 Å². The van der Waals surface area contributed by atoms with E-state index in [1.807, 2.05) is 0 Å². The number of anilines is 1. The molecule has 28 heavy (non-hydrogen) atoms. The van der Waals surface area contributed by atoms with E-state index in [-0.39, 0.29) is 29.4 Å². The minimum Gasteiger partial charge on any atom is -0.461 e. The molecule has 0 aliphatic heterocycles. The van der Waals surface area contributed by atoms with Gasteiger partial charge in [0.1, 0.15) is 0 Å². The van der Waals surface area contributed by atoms with Crippen molar-refractivity contribution in [2.24, 2.45) is 5.73 Å². The summed E-state index contributed by atoms with van der Waals surface area (Å²) in [5.74, 6) is -3.06. The van der Waals surface area contributed by atoms with Gasteiger partial charge in [-0.2, -0.15) is 13.2 Å². The molecule has 5 N–H and O–H groups in total. The Morgan fingerprint density at radius 3 is 2.46 bits per heavy atom. The van der Waals surface area contributed by atoms with Crippen molar-refractivity contribution in [2.45, 2.75) is 25.6 Å². The lowest BCUT2D eigenvalue weighted by molar-refractivity contribution is -0.255. The summed E-state index contributed by atoms with van der Waals surface area (Å²) >= 11 is 0. The average molecular weight is 398 g/mol. The number of aryl methyl sites for hydroxylation is 1. The number of ether oxygens (including phenoxy) is 1. The highest BCUT2D eigenvalue weighted by atomic mass is 19.4. The predicted molar refractivity (Wildman–Crippen MR) is 91.7 cm³/mol. The first-order chi connectivity index (χ1) is 12.9. The average Bonchev–Trinajstić information content (AvgIpc) is 2.61. The Bertz CT molecular complexity index is 933. The number of aliphatic hydroxyl groups is 1. The van der Waals surface area contributed by atoms with Crippen LogP contribution < -0.4 is 11.5 Å². The van der Waals surface area contributed by atoms with Crippen molar-refractivity contribution in [1.82, 2.24) is 9.97 Å². The molecule has 1 aromatic carbocycles. The summed E-state index contributed by atoms with van der Waals surface area (Å²) in [6.07, 6.45) is -4.21. The molecule has 1 aromatic heterocycles. The molecule has 1 atom stereocenters. The topological polar surface area (TPSA) is 141 Å². The van der Waals surface area contributed by atoms with Gasteiger partial charge in [0.05, 0.1) is 18.5 Å². The SMILES string of the molecule is CCOC(=O)c1nc(-c2cc(C(O)(C(N)=O)C(F)(F)F)ccc2C)cnc1N. The predicted octanol–water partition coefficient (Wildman–Crippen LogP) is 1.45. The molecular weight excluding hydrogens is 381 g/mol. The summed E-state index contributed by atoms with van der Waals surface area (Å²) in [4.78, 5) is 31.2. The standard InChI is InChI=1S/C17H17F3N4O4/c1-3-28-14(25)12-13(21)23-7-11(24-12)10-6-9(5-4-8(10)2)16(27,15(22)26)17(18,19)20/h4-7,27H,3H2,1-2H3,(H2,21,23)(H2,22,26). The number of benzene rings is 1.